The molecule has 0 saturated carbocycles. The van der Waals surface area contributed by atoms with Crippen LogP contribution < -0.4 is 5.32 Å². The summed E-state index contributed by atoms with van der Waals surface area (Å²) in [5.74, 6) is -2.45. The molecule has 1 rings (SSSR count). The number of carboxylic acids is 1. The smallest absolute Gasteiger partial charge is 0.321 e. The summed E-state index contributed by atoms with van der Waals surface area (Å²) >= 11 is 0. The van der Waals surface area contributed by atoms with Gasteiger partial charge in [-0.25, -0.2) is 12.8 Å². The van der Waals surface area contributed by atoms with Gasteiger partial charge in [-0.2, -0.15) is 4.31 Å². The van der Waals surface area contributed by atoms with Gasteiger partial charge in [0.05, 0.1) is 4.90 Å². The third-order valence-corrected chi connectivity index (χ3v) is 5.34. The third-order valence-electron chi connectivity index (χ3n) is 3.23. The highest BCUT2D eigenvalue weighted by molar-refractivity contribution is 7.89. The number of nitrogens with one attached hydrogen (secondary N) is 1. The van der Waals surface area contributed by atoms with Gasteiger partial charge in [-0.3, -0.25) is 9.59 Å². The fourth-order valence-corrected chi connectivity index (χ4v) is 3.79. The minimum atomic E-state index is -4.24. The number of halogens is 1. The molecule has 0 aliphatic heterocycles. The summed E-state index contributed by atoms with van der Waals surface area (Å²) in [6.07, 6.45) is 0. The molecular formula is C14H19FN2O5S. The number of carboxylic acid groups (broad SMARTS) is 1. The van der Waals surface area contributed by atoms with Gasteiger partial charge >= 0.3 is 5.97 Å². The van der Waals surface area contributed by atoms with E-state index in [2.05, 4.69) is 5.32 Å². The van der Waals surface area contributed by atoms with Crippen molar-refractivity contribution in [3.63, 3.8) is 0 Å². The molecule has 0 saturated heterocycles. The number of sulfonamides is 1. The molecule has 9 heteroatoms. The Bertz CT molecular complexity index is 705. The molecule has 128 valence electrons. The summed E-state index contributed by atoms with van der Waals surface area (Å²) in [5.41, 5.74) is 0.300. The Labute approximate surface area is 134 Å². The highest BCUT2D eigenvalue weighted by Gasteiger charge is 2.33. The van der Waals surface area contributed by atoms with Crippen LogP contribution in [0.5, 0.6) is 0 Å². The molecule has 2 N–H and O–H groups in total. The zero-order chi connectivity index (χ0) is 17.8. The van der Waals surface area contributed by atoms with Crippen molar-refractivity contribution in [3.8, 4) is 0 Å². The van der Waals surface area contributed by atoms with E-state index < -0.39 is 27.9 Å². The summed E-state index contributed by atoms with van der Waals surface area (Å²) in [6.45, 7) is 3.66. The van der Waals surface area contributed by atoms with Gasteiger partial charge in [0.2, 0.25) is 15.9 Å². The van der Waals surface area contributed by atoms with Crippen LogP contribution in [0.3, 0.4) is 0 Å². The lowest BCUT2D eigenvalue weighted by molar-refractivity contribution is -0.140. The summed E-state index contributed by atoms with van der Waals surface area (Å²) in [7, 11) is -4.24. The minimum absolute atomic E-state index is 0.0550. The highest BCUT2D eigenvalue weighted by atomic mass is 32.2. The van der Waals surface area contributed by atoms with E-state index in [0.29, 0.717) is 5.56 Å². The van der Waals surface area contributed by atoms with Crippen LogP contribution in [0, 0.1) is 12.7 Å². The number of amides is 1. The number of benzene rings is 1. The van der Waals surface area contributed by atoms with Crippen molar-refractivity contribution >= 4 is 21.9 Å². The zero-order valence-electron chi connectivity index (χ0n) is 13.0. The van der Waals surface area contributed by atoms with Crippen LogP contribution in [0.4, 0.5) is 4.39 Å². The minimum Gasteiger partial charge on any atom is -0.480 e. The second-order valence-electron chi connectivity index (χ2n) is 5.02. The first-order valence-corrected chi connectivity index (χ1v) is 8.26. The quantitative estimate of drug-likeness (QED) is 0.758. The number of carbonyl (C=O) groups excluding carboxylic acids is 1. The van der Waals surface area contributed by atoms with Crippen LogP contribution in [-0.4, -0.2) is 48.8 Å². The lowest BCUT2D eigenvalue weighted by atomic mass is 10.2. The number of carbonyl (C=O) groups is 2. The van der Waals surface area contributed by atoms with Crippen molar-refractivity contribution in [2.45, 2.75) is 31.7 Å². The molecule has 0 aliphatic rings. The molecule has 1 aromatic rings. The molecule has 0 bridgehead atoms. The van der Waals surface area contributed by atoms with Crippen LogP contribution in [0.1, 0.15) is 19.4 Å². The monoisotopic (exact) mass is 346 g/mol. The van der Waals surface area contributed by atoms with Crippen molar-refractivity contribution in [2.24, 2.45) is 0 Å². The first-order chi connectivity index (χ1) is 10.6. The van der Waals surface area contributed by atoms with E-state index in [1.54, 1.807) is 0 Å². The molecule has 0 radical (unpaired) electrons. The Morgan fingerprint density at radius 2 is 2.00 bits per heavy atom. The van der Waals surface area contributed by atoms with Crippen LogP contribution in [0.25, 0.3) is 0 Å². The maximum absolute atomic E-state index is 13.4. The maximum Gasteiger partial charge on any atom is 0.321 e. The Balaban J connectivity index is 3.24. The lowest BCUT2D eigenvalue weighted by Crippen LogP contribution is -2.46. The second-order valence-corrected chi connectivity index (χ2v) is 6.88. The molecule has 0 heterocycles. The maximum atomic E-state index is 13.4. The predicted molar refractivity (Wildman–Crippen MR) is 80.8 cm³/mol. The zero-order valence-corrected chi connectivity index (χ0v) is 13.9. The molecular weight excluding hydrogens is 327 g/mol. The van der Waals surface area contributed by atoms with Gasteiger partial charge in [0.15, 0.2) is 0 Å². The number of aryl methyl sites for hydroxylation is 1. The summed E-state index contributed by atoms with van der Waals surface area (Å²) < 4.78 is 39.6. The Morgan fingerprint density at radius 1 is 1.39 bits per heavy atom. The van der Waals surface area contributed by atoms with Gasteiger partial charge in [0.25, 0.3) is 0 Å². The van der Waals surface area contributed by atoms with Crippen LogP contribution in [-0.2, 0) is 19.6 Å². The van der Waals surface area contributed by atoms with Crippen molar-refractivity contribution in [3.05, 3.63) is 29.6 Å². The molecule has 1 unspecified atom stereocenters. The highest BCUT2D eigenvalue weighted by Crippen LogP contribution is 2.22. The van der Waals surface area contributed by atoms with Gasteiger partial charge in [-0.1, -0.05) is 6.07 Å². The van der Waals surface area contributed by atoms with E-state index in [0.717, 1.165) is 16.4 Å². The lowest BCUT2D eigenvalue weighted by Gasteiger charge is -2.26. The largest absolute Gasteiger partial charge is 0.480 e. The molecule has 0 aromatic heterocycles. The number of rotatable bonds is 7. The molecule has 7 nitrogen and oxygen atoms in total. The number of hydrogen-bond acceptors (Lipinski definition) is 4. The van der Waals surface area contributed by atoms with E-state index in [1.165, 1.54) is 26.8 Å². The molecule has 0 spiro atoms. The van der Waals surface area contributed by atoms with Gasteiger partial charge in [0, 0.05) is 20.0 Å². The van der Waals surface area contributed by atoms with Gasteiger partial charge in [0.1, 0.15) is 11.9 Å². The first kappa shape index (κ1) is 19.0. The van der Waals surface area contributed by atoms with Crippen molar-refractivity contribution in [1.29, 1.82) is 0 Å². The van der Waals surface area contributed by atoms with Crippen molar-refractivity contribution in [2.75, 3.05) is 13.1 Å². The van der Waals surface area contributed by atoms with Crippen LogP contribution in [0.15, 0.2) is 23.1 Å². The topological polar surface area (TPSA) is 104 Å². The average molecular weight is 346 g/mol. The molecule has 23 heavy (non-hydrogen) atoms. The van der Waals surface area contributed by atoms with E-state index >= 15 is 0 Å². The SMILES string of the molecule is CC(=O)NCCN(C(C)C(=O)O)S(=O)(=O)c1cc(F)ccc1C. The Morgan fingerprint density at radius 3 is 2.52 bits per heavy atom. The second kappa shape index (κ2) is 7.51. The third kappa shape index (κ3) is 4.73. The number of hydrogen-bond donors (Lipinski definition) is 2. The standard InChI is InChI=1S/C14H19FN2O5S/c1-9-4-5-12(15)8-13(9)23(21,22)17(10(2)14(19)20)7-6-16-11(3)18/h4-5,8,10H,6-7H2,1-3H3,(H,16,18)(H,19,20). The molecule has 1 atom stereocenters. The van der Waals surface area contributed by atoms with Crippen LogP contribution >= 0.6 is 0 Å². The Kier molecular flexibility index (Phi) is 6.22. The first-order valence-electron chi connectivity index (χ1n) is 6.82. The fraction of sp³-hybridized carbons (Fsp3) is 0.429. The van der Waals surface area contributed by atoms with Crippen molar-refractivity contribution in [1.82, 2.24) is 9.62 Å². The fourth-order valence-electron chi connectivity index (χ4n) is 1.97. The molecule has 1 amide bonds. The summed E-state index contributed by atoms with van der Waals surface area (Å²) in [4.78, 5) is 21.8. The number of aliphatic carboxylic acids is 1. The normalized spacial score (nSPS) is 12.9. The number of nitrogens with zero attached hydrogens (tertiary/aromatic N) is 1. The van der Waals surface area contributed by atoms with Gasteiger partial charge < -0.3 is 10.4 Å². The van der Waals surface area contributed by atoms with Crippen molar-refractivity contribution < 1.29 is 27.5 Å². The van der Waals surface area contributed by atoms with Crippen LogP contribution in [0.2, 0.25) is 0 Å². The van der Waals surface area contributed by atoms with E-state index in [9.17, 15) is 22.4 Å². The molecule has 0 aliphatic carbocycles. The van der Waals surface area contributed by atoms with E-state index in [-0.39, 0.29) is 23.9 Å². The van der Waals surface area contributed by atoms with Gasteiger partial charge in [-0.05, 0) is 31.5 Å². The van der Waals surface area contributed by atoms with Gasteiger partial charge in [-0.15, -0.1) is 0 Å². The van der Waals surface area contributed by atoms with E-state index in [4.69, 9.17) is 5.11 Å². The summed E-state index contributed by atoms with van der Waals surface area (Å²) in [5, 5.41) is 11.5. The average Bonchev–Trinajstić information content (AvgIpc) is 2.44. The Hall–Kier alpha value is -2.00. The molecule has 1 aromatic carbocycles. The van der Waals surface area contributed by atoms with E-state index in [1.807, 2.05) is 0 Å². The predicted octanol–water partition coefficient (Wildman–Crippen LogP) is 0.734. The molecule has 0 fully saturated rings. The summed E-state index contributed by atoms with van der Waals surface area (Å²) in [6, 6.07) is 1.91.